The first-order valence-corrected chi connectivity index (χ1v) is 8.97. The van der Waals surface area contributed by atoms with Gasteiger partial charge in [-0.3, -0.25) is 9.59 Å². The zero-order valence-corrected chi connectivity index (χ0v) is 15.1. The molecule has 1 N–H and O–H groups in total. The van der Waals surface area contributed by atoms with Crippen LogP contribution in [0.5, 0.6) is 0 Å². The number of benzene rings is 2. The highest BCUT2D eigenvalue weighted by Gasteiger charge is 2.22. The number of hydrogen-bond donors (Lipinski definition) is 1. The topological polar surface area (TPSA) is 61.8 Å². The predicted octanol–water partition coefficient (Wildman–Crippen LogP) is 3.55. The Morgan fingerprint density at radius 2 is 1.88 bits per heavy atom. The van der Waals surface area contributed by atoms with Crippen LogP contribution in [0.25, 0.3) is 0 Å². The molecule has 1 heterocycles. The zero-order chi connectivity index (χ0) is 18.4. The Hall–Kier alpha value is -2.66. The predicted molar refractivity (Wildman–Crippen MR) is 104 cm³/mol. The van der Waals surface area contributed by atoms with Gasteiger partial charge in [0, 0.05) is 35.7 Å². The lowest BCUT2D eigenvalue weighted by molar-refractivity contribution is -0.125. The molecule has 5 nitrogen and oxygen atoms in total. The SMILES string of the molecule is O=C(CCC(=O)N1CCCc2ccccc21)NN=Cc1ccccc1Cl. The number of carbonyl (C=O) groups is 2. The summed E-state index contributed by atoms with van der Waals surface area (Å²) >= 11 is 6.02. The van der Waals surface area contributed by atoms with Gasteiger partial charge < -0.3 is 4.90 Å². The van der Waals surface area contributed by atoms with Crippen LogP contribution in [-0.2, 0) is 16.0 Å². The molecule has 0 aromatic heterocycles. The van der Waals surface area contributed by atoms with Crippen LogP contribution in [0, 0.1) is 0 Å². The molecule has 134 valence electrons. The molecular weight excluding hydrogens is 350 g/mol. The van der Waals surface area contributed by atoms with Crippen molar-refractivity contribution >= 4 is 35.3 Å². The number of hydrazone groups is 1. The van der Waals surface area contributed by atoms with E-state index in [0.717, 1.165) is 24.1 Å². The first-order chi connectivity index (χ1) is 12.6. The second-order valence-electron chi connectivity index (χ2n) is 6.09. The van der Waals surface area contributed by atoms with Gasteiger partial charge in [0.2, 0.25) is 11.8 Å². The van der Waals surface area contributed by atoms with Crippen molar-refractivity contribution in [2.45, 2.75) is 25.7 Å². The molecule has 0 aliphatic carbocycles. The minimum Gasteiger partial charge on any atom is -0.312 e. The van der Waals surface area contributed by atoms with Crippen molar-refractivity contribution in [3.63, 3.8) is 0 Å². The van der Waals surface area contributed by atoms with Crippen LogP contribution >= 0.6 is 11.6 Å². The van der Waals surface area contributed by atoms with Crippen molar-refractivity contribution in [3.8, 4) is 0 Å². The Morgan fingerprint density at radius 1 is 1.12 bits per heavy atom. The monoisotopic (exact) mass is 369 g/mol. The van der Waals surface area contributed by atoms with Crippen molar-refractivity contribution in [2.75, 3.05) is 11.4 Å². The van der Waals surface area contributed by atoms with Gasteiger partial charge in [0.15, 0.2) is 0 Å². The van der Waals surface area contributed by atoms with Gasteiger partial charge in [0.25, 0.3) is 0 Å². The summed E-state index contributed by atoms with van der Waals surface area (Å²) in [6, 6.07) is 15.1. The minimum absolute atomic E-state index is 0.0395. The van der Waals surface area contributed by atoms with Gasteiger partial charge in [0.1, 0.15) is 0 Å². The van der Waals surface area contributed by atoms with Gasteiger partial charge >= 0.3 is 0 Å². The largest absolute Gasteiger partial charge is 0.312 e. The van der Waals surface area contributed by atoms with E-state index < -0.39 is 0 Å². The van der Waals surface area contributed by atoms with Crippen LogP contribution in [0.2, 0.25) is 5.02 Å². The van der Waals surface area contributed by atoms with E-state index in [-0.39, 0.29) is 24.7 Å². The van der Waals surface area contributed by atoms with Crippen molar-refractivity contribution < 1.29 is 9.59 Å². The number of anilines is 1. The van der Waals surface area contributed by atoms with Crippen molar-refractivity contribution in [1.82, 2.24) is 5.43 Å². The van der Waals surface area contributed by atoms with Crippen molar-refractivity contribution in [3.05, 3.63) is 64.7 Å². The second-order valence-corrected chi connectivity index (χ2v) is 6.50. The van der Waals surface area contributed by atoms with E-state index in [1.54, 1.807) is 17.0 Å². The number of rotatable bonds is 5. The van der Waals surface area contributed by atoms with Gasteiger partial charge in [-0.25, -0.2) is 5.43 Å². The molecule has 2 aromatic rings. The lowest BCUT2D eigenvalue weighted by Gasteiger charge is -2.29. The number of aryl methyl sites for hydroxylation is 1. The summed E-state index contributed by atoms with van der Waals surface area (Å²) in [7, 11) is 0. The maximum absolute atomic E-state index is 12.5. The maximum Gasteiger partial charge on any atom is 0.240 e. The second kappa shape index (κ2) is 8.63. The molecule has 0 spiro atoms. The van der Waals surface area contributed by atoms with Gasteiger partial charge in [-0.2, -0.15) is 5.10 Å². The number of nitrogens with zero attached hydrogens (tertiary/aromatic N) is 2. The van der Waals surface area contributed by atoms with Crippen molar-refractivity contribution in [2.24, 2.45) is 5.10 Å². The molecule has 1 aliphatic rings. The van der Waals surface area contributed by atoms with Gasteiger partial charge in [-0.1, -0.05) is 48.0 Å². The Bertz CT molecular complexity index is 835. The molecule has 0 fully saturated rings. The van der Waals surface area contributed by atoms with E-state index in [1.807, 2.05) is 36.4 Å². The Kier molecular flexibility index (Phi) is 6.02. The molecule has 3 rings (SSSR count). The quantitative estimate of drug-likeness (QED) is 0.647. The molecule has 0 saturated heterocycles. The fraction of sp³-hybridized carbons (Fsp3) is 0.250. The Labute approximate surface area is 157 Å². The van der Waals surface area contributed by atoms with Crippen LogP contribution in [0.4, 0.5) is 5.69 Å². The molecule has 0 saturated carbocycles. The fourth-order valence-corrected chi connectivity index (χ4v) is 3.14. The molecular formula is C20H20ClN3O2. The van der Waals surface area contributed by atoms with Crippen LogP contribution in [-0.4, -0.2) is 24.6 Å². The van der Waals surface area contributed by atoms with Crippen LogP contribution in [0.1, 0.15) is 30.4 Å². The third-order valence-corrected chi connectivity index (χ3v) is 4.62. The van der Waals surface area contributed by atoms with Crippen LogP contribution < -0.4 is 10.3 Å². The van der Waals surface area contributed by atoms with Crippen LogP contribution in [0.15, 0.2) is 53.6 Å². The number of carbonyl (C=O) groups excluding carboxylic acids is 2. The molecule has 0 unspecified atom stereocenters. The van der Waals surface area contributed by atoms with Gasteiger partial charge in [0.05, 0.1) is 6.21 Å². The van der Waals surface area contributed by atoms with Crippen molar-refractivity contribution in [1.29, 1.82) is 0 Å². The van der Waals surface area contributed by atoms with Gasteiger partial charge in [-0.15, -0.1) is 0 Å². The number of hydrogen-bond acceptors (Lipinski definition) is 3. The smallest absolute Gasteiger partial charge is 0.240 e. The summed E-state index contributed by atoms with van der Waals surface area (Å²) in [5.41, 5.74) is 5.30. The van der Waals surface area contributed by atoms with E-state index in [2.05, 4.69) is 10.5 Å². The summed E-state index contributed by atoms with van der Waals surface area (Å²) in [5, 5.41) is 4.45. The summed E-state index contributed by atoms with van der Waals surface area (Å²) in [4.78, 5) is 26.2. The summed E-state index contributed by atoms with van der Waals surface area (Å²) in [5.74, 6) is -0.339. The average molecular weight is 370 g/mol. The number of para-hydroxylation sites is 1. The number of halogens is 1. The van der Waals surface area contributed by atoms with E-state index in [0.29, 0.717) is 11.6 Å². The summed E-state index contributed by atoms with van der Waals surface area (Å²) in [6.07, 6.45) is 3.66. The minimum atomic E-state index is -0.299. The van der Waals surface area contributed by atoms with E-state index in [9.17, 15) is 9.59 Å². The summed E-state index contributed by atoms with van der Waals surface area (Å²) < 4.78 is 0. The Morgan fingerprint density at radius 3 is 2.73 bits per heavy atom. The average Bonchev–Trinajstić information content (AvgIpc) is 2.67. The summed E-state index contributed by atoms with van der Waals surface area (Å²) in [6.45, 7) is 0.697. The molecule has 2 amide bonds. The lowest BCUT2D eigenvalue weighted by atomic mass is 10.0. The fourth-order valence-electron chi connectivity index (χ4n) is 2.96. The molecule has 6 heteroatoms. The lowest BCUT2D eigenvalue weighted by Crippen LogP contribution is -2.36. The molecule has 0 atom stereocenters. The van der Waals surface area contributed by atoms with Gasteiger partial charge in [-0.05, 0) is 30.5 Å². The standard InChI is InChI=1S/C20H20ClN3O2/c21-17-9-3-1-7-16(17)14-22-23-19(25)11-12-20(26)24-13-5-8-15-6-2-4-10-18(15)24/h1-4,6-7,9-10,14H,5,8,11-13H2,(H,23,25). The highest BCUT2D eigenvalue weighted by Crippen LogP contribution is 2.27. The molecule has 2 aromatic carbocycles. The Balaban J connectivity index is 1.51. The first kappa shape index (κ1) is 18.1. The highest BCUT2D eigenvalue weighted by atomic mass is 35.5. The molecule has 0 bridgehead atoms. The number of fused-ring (bicyclic) bond motifs is 1. The first-order valence-electron chi connectivity index (χ1n) is 8.60. The van der Waals surface area contributed by atoms with E-state index in [4.69, 9.17) is 11.6 Å². The molecule has 1 aliphatic heterocycles. The third kappa shape index (κ3) is 4.49. The highest BCUT2D eigenvalue weighted by molar-refractivity contribution is 6.33. The zero-order valence-electron chi connectivity index (χ0n) is 14.3. The van der Waals surface area contributed by atoms with Crippen LogP contribution in [0.3, 0.4) is 0 Å². The van der Waals surface area contributed by atoms with E-state index in [1.165, 1.54) is 11.8 Å². The third-order valence-electron chi connectivity index (χ3n) is 4.28. The maximum atomic E-state index is 12.5. The van der Waals surface area contributed by atoms with E-state index >= 15 is 0 Å². The number of nitrogens with one attached hydrogen (secondary N) is 1. The normalized spacial score (nSPS) is 13.5. The number of amides is 2. The molecule has 26 heavy (non-hydrogen) atoms. The molecule has 0 radical (unpaired) electrons.